The minimum absolute atomic E-state index is 0.264. The Bertz CT molecular complexity index is 561. The van der Waals surface area contributed by atoms with Gasteiger partial charge in [-0.3, -0.25) is 4.79 Å². The van der Waals surface area contributed by atoms with Crippen molar-refractivity contribution in [1.82, 2.24) is 4.90 Å². The summed E-state index contributed by atoms with van der Waals surface area (Å²) in [5.74, 6) is 0.264. The van der Waals surface area contributed by atoms with Crippen LogP contribution in [0.2, 0.25) is 0 Å². The topological polar surface area (TPSA) is 40.5 Å². The molecule has 0 aliphatic rings. The van der Waals surface area contributed by atoms with E-state index in [-0.39, 0.29) is 5.75 Å². The molecule has 0 saturated heterocycles. The second-order valence-electron chi connectivity index (χ2n) is 4.37. The van der Waals surface area contributed by atoms with Crippen LogP contribution < -0.4 is 0 Å². The fraction of sp³-hybridized carbons (Fsp3) is 0.214. The molecule has 17 heavy (non-hydrogen) atoms. The highest BCUT2D eigenvalue weighted by atomic mass is 16.3. The SMILES string of the molecule is CN(C)Cc1cc(C=O)c2ccccc2c1O. The van der Waals surface area contributed by atoms with Crippen LogP contribution in [0.3, 0.4) is 0 Å². The first-order valence-electron chi connectivity index (χ1n) is 5.47. The molecular formula is C14H15NO2. The van der Waals surface area contributed by atoms with Gasteiger partial charge in [0.05, 0.1) is 0 Å². The van der Waals surface area contributed by atoms with Gasteiger partial charge in [-0.15, -0.1) is 0 Å². The molecule has 3 heteroatoms. The van der Waals surface area contributed by atoms with Crippen LogP contribution in [0.1, 0.15) is 15.9 Å². The second kappa shape index (κ2) is 4.55. The molecule has 2 aromatic carbocycles. The minimum atomic E-state index is 0.264. The molecule has 0 unspecified atom stereocenters. The van der Waals surface area contributed by atoms with Crippen molar-refractivity contribution in [3.63, 3.8) is 0 Å². The molecule has 2 rings (SSSR count). The number of benzene rings is 2. The Kier molecular flexibility index (Phi) is 3.11. The van der Waals surface area contributed by atoms with E-state index in [1.165, 1.54) is 0 Å². The number of phenols is 1. The summed E-state index contributed by atoms with van der Waals surface area (Å²) < 4.78 is 0. The van der Waals surface area contributed by atoms with Crippen LogP contribution in [-0.4, -0.2) is 30.4 Å². The maximum absolute atomic E-state index is 11.1. The molecule has 1 N–H and O–H groups in total. The third-order valence-corrected chi connectivity index (χ3v) is 2.74. The van der Waals surface area contributed by atoms with Crippen molar-refractivity contribution in [3.8, 4) is 5.75 Å². The molecule has 0 spiro atoms. The zero-order valence-electron chi connectivity index (χ0n) is 9.97. The highest BCUT2D eigenvalue weighted by Crippen LogP contribution is 2.31. The summed E-state index contributed by atoms with van der Waals surface area (Å²) in [5, 5.41) is 11.7. The lowest BCUT2D eigenvalue weighted by molar-refractivity contribution is 0.112. The first-order chi connectivity index (χ1) is 8.13. The van der Waals surface area contributed by atoms with Crippen LogP contribution in [0.25, 0.3) is 10.8 Å². The van der Waals surface area contributed by atoms with Gasteiger partial charge in [0.2, 0.25) is 0 Å². The van der Waals surface area contributed by atoms with Crippen molar-refractivity contribution in [2.24, 2.45) is 0 Å². The van der Waals surface area contributed by atoms with Gasteiger partial charge in [-0.2, -0.15) is 0 Å². The van der Waals surface area contributed by atoms with Gasteiger partial charge in [0.15, 0.2) is 6.29 Å². The summed E-state index contributed by atoms with van der Waals surface area (Å²) in [5.41, 5.74) is 1.39. The normalized spacial score (nSPS) is 11.0. The van der Waals surface area contributed by atoms with Crippen LogP contribution in [-0.2, 0) is 6.54 Å². The second-order valence-corrected chi connectivity index (χ2v) is 4.37. The third-order valence-electron chi connectivity index (χ3n) is 2.74. The zero-order valence-corrected chi connectivity index (χ0v) is 9.97. The number of aldehydes is 1. The summed E-state index contributed by atoms with van der Waals surface area (Å²) in [4.78, 5) is 13.0. The lowest BCUT2D eigenvalue weighted by Crippen LogP contribution is -2.11. The van der Waals surface area contributed by atoms with Gasteiger partial charge >= 0.3 is 0 Å². The third kappa shape index (κ3) is 2.15. The van der Waals surface area contributed by atoms with Gasteiger partial charge in [0, 0.05) is 23.1 Å². The van der Waals surface area contributed by atoms with E-state index < -0.39 is 0 Å². The number of rotatable bonds is 3. The fourth-order valence-corrected chi connectivity index (χ4v) is 2.01. The summed E-state index contributed by atoms with van der Waals surface area (Å²) in [6.45, 7) is 0.609. The Morgan fingerprint density at radius 3 is 2.47 bits per heavy atom. The van der Waals surface area contributed by atoms with Crippen LogP contribution in [0.4, 0.5) is 0 Å². The average molecular weight is 229 g/mol. The molecule has 0 aromatic heterocycles. The molecule has 88 valence electrons. The van der Waals surface area contributed by atoms with E-state index in [1.54, 1.807) is 6.07 Å². The van der Waals surface area contributed by atoms with Gasteiger partial charge in [-0.05, 0) is 25.5 Å². The number of nitrogens with zero attached hydrogens (tertiary/aromatic N) is 1. The van der Waals surface area contributed by atoms with Gasteiger partial charge < -0.3 is 10.0 Å². The molecular weight excluding hydrogens is 214 g/mol. The van der Waals surface area contributed by atoms with Crippen molar-refractivity contribution in [3.05, 3.63) is 41.5 Å². The maximum atomic E-state index is 11.1. The standard InChI is InChI=1S/C14H15NO2/c1-15(2)8-10-7-11(9-16)12-5-3-4-6-13(12)14(10)17/h3-7,9,17H,8H2,1-2H3. The van der Waals surface area contributed by atoms with E-state index in [2.05, 4.69) is 0 Å². The number of carbonyl (C=O) groups excluding carboxylic acids is 1. The molecule has 0 fully saturated rings. The van der Waals surface area contributed by atoms with Crippen LogP contribution in [0.5, 0.6) is 5.75 Å². The van der Waals surface area contributed by atoms with Crippen LogP contribution in [0, 0.1) is 0 Å². The zero-order chi connectivity index (χ0) is 12.4. The van der Waals surface area contributed by atoms with E-state index in [0.29, 0.717) is 12.1 Å². The number of phenolic OH excluding ortho intramolecular Hbond substituents is 1. The molecule has 0 aliphatic heterocycles. The van der Waals surface area contributed by atoms with Crippen LogP contribution in [0.15, 0.2) is 30.3 Å². The molecule has 2 aromatic rings. The Balaban J connectivity index is 2.71. The molecule has 0 bridgehead atoms. The quantitative estimate of drug-likeness (QED) is 0.822. The summed E-state index contributed by atoms with van der Waals surface area (Å²) in [7, 11) is 3.85. The molecule has 0 aliphatic carbocycles. The first kappa shape index (κ1) is 11.6. The van der Waals surface area contributed by atoms with E-state index in [9.17, 15) is 9.90 Å². The lowest BCUT2D eigenvalue weighted by atomic mass is 10.00. The predicted octanol–water partition coefficient (Wildman–Crippen LogP) is 2.42. The van der Waals surface area contributed by atoms with E-state index >= 15 is 0 Å². The average Bonchev–Trinajstić information content (AvgIpc) is 2.32. The van der Waals surface area contributed by atoms with Crippen LogP contribution >= 0.6 is 0 Å². The van der Waals surface area contributed by atoms with Gasteiger partial charge in [-0.1, -0.05) is 24.3 Å². The Morgan fingerprint density at radius 1 is 1.24 bits per heavy atom. The number of hydrogen-bond acceptors (Lipinski definition) is 3. The van der Waals surface area contributed by atoms with E-state index in [0.717, 1.165) is 22.6 Å². The molecule has 0 amide bonds. The van der Waals surface area contributed by atoms with Gasteiger partial charge in [0.25, 0.3) is 0 Å². The van der Waals surface area contributed by atoms with Crippen molar-refractivity contribution >= 4 is 17.1 Å². The maximum Gasteiger partial charge on any atom is 0.150 e. The smallest absolute Gasteiger partial charge is 0.150 e. The van der Waals surface area contributed by atoms with Crippen molar-refractivity contribution in [2.45, 2.75) is 6.54 Å². The lowest BCUT2D eigenvalue weighted by Gasteiger charge is -2.14. The van der Waals surface area contributed by atoms with E-state index in [1.807, 2.05) is 43.3 Å². The largest absolute Gasteiger partial charge is 0.507 e. The van der Waals surface area contributed by atoms with Gasteiger partial charge in [-0.25, -0.2) is 0 Å². The summed E-state index contributed by atoms with van der Waals surface area (Å²) in [6, 6.07) is 9.15. The van der Waals surface area contributed by atoms with E-state index in [4.69, 9.17) is 0 Å². The van der Waals surface area contributed by atoms with Crippen molar-refractivity contribution in [2.75, 3.05) is 14.1 Å². The Hall–Kier alpha value is -1.87. The molecule has 3 nitrogen and oxygen atoms in total. The molecule has 0 atom stereocenters. The Labute approximate surface area is 100 Å². The first-order valence-corrected chi connectivity index (χ1v) is 5.47. The van der Waals surface area contributed by atoms with Crippen molar-refractivity contribution < 1.29 is 9.90 Å². The molecule has 0 saturated carbocycles. The summed E-state index contributed by atoms with van der Waals surface area (Å²) in [6.07, 6.45) is 0.834. The minimum Gasteiger partial charge on any atom is -0.507 e. The molecule has 0 heterocycles. The summed E-state index contributed by atoms with van der Waals surface area (Å²) >= 11 is 0. The number of fused-ring (bicyclic) bond motifs is 1. The number of aromatic hydroxyl groups is 1. The number of hydrogen-bond donors (Lipinski definition) is 1. The highest BCUT2D eigenvalue weighted by molar-refractivity contribution is 6.01. The predicted molar refractivity (Wildman–Crippen MR) is 68.4 cm³/mol. The fourth-order valence-electron chi connectivity index (χ4n) is 2.01. The Morgan fingerprint density at radius 2 is 1.88 bits per heavy atom. The highest BCUT2D eigenvalue weighted by Gasteiger charge is 2.11. The van der Waals surface area contributed by atoms with Gasteiger partial charge in [0.1, 0.15) is 5.75 Å². The van der Waals surface area contributed by atoms with Crippen molar-refractivity contribution in [1.29, 1.82) is 0 Å². The molecule has 0 radical (unpaired) electrons. The number of carbonyl (C=O) groups is 1. The monoisotopic (exact) mass is 229 g/mol.